The number of ketones is 1. The first-order valence-electron chi connectivity index (χ1n) is 7.98. The maximum absolute atomic E-state index is 12.7. The Labute approximate surface area is 128 Å². The third-order valence-electron chi connectivity index (χ3n) is 4.29. The van der Waals surface area contributed by atoms with Gasteiger partial charge >= 0.3 is 0 Å². The van der Waals surface area contributed by atoms with E-state index in [1.807, 2.05) is 26.0 Å². The molecule has 0 spiro atoms. The van der Waals surface area contributed by atoms with E-state index in [1.165, 1.54) is 0 Å². The van der Waals surface area contributed by atoms with Crippen LogP contribution < -0.4 is 10.1 Å². The van der Waals surface area contributed by atoms with Crippen molar-refractivity contribution in [3.63, 3.8) is 0 Å². The van der Waals surface area contributed by atoms with Crippen LogP contribution in [0.4, 0.5) is 0 Å². The zero-order valence-electron chi connectivity index (χ0n) is 13.7. The van der Waals surface area contributed by atoms with E-state index in [1.54, 1.807) is 0 Å². The van der Waals surface area contributed by atoms with Crippen molar-refractivity contribution in [2.24, 2.45) is 11.8 Å². The number of carbonyl (C=O) groups excluding carboxylic acids is 1. The molecule has 1 aromatic carbocycles. The Morgan fingerprint density at radius 3 is 2.52 bits per heavy atom. The van der Waals surface area contributed by atoms with E-state index in [9.17, 15) is 4.79 Å². The number of Topliss-reactive ketones (excluding diaryl/α,β-unsaturated/α-hetero) is 1. The molecule has 0 atom stereocenters. The van der Waals surface area contributed by atoms with Crippen molar-refractivity contribution < 1.29 is 9.53 Å². The minimum Gasteiger partial charge on any atom is -0.493 e. The fourth-order valence-electron chi connectivity index (χ4n) is 2.78. The second-order valence-electron chi connectivity index (χ2n) is 6.45. The predicted octanol–water partition coefficient (Wildman–Crippen LogP) is 3.52. The van der Waals surface area contributed by atoms with Crippen molar-refractivity contribution in [2.75, 3.05) is 19.7 Å². The van der Waals surface area contributed by atoms with Crippen LogP contribution in [-0.2, 0) is 0 Å². The van der Waals surface area contributed by atoms with Gasteiger partial charge in [-0.05, 0) is 69.0 Å². The van der Waals surface area contributed by atoms with Gasteiger partial charge in [0.25, 0.3) is 0 Å². The minimum absolute atomic E-state index is 0.173. The Kier molecular flexibility index (Phi) is 5.40. The molecule has 3 heteroatoms. The van der Waals surface area contributed by atoms with Crippen LogP contribution in [0.2, 0.25) is 0 Å². The summed E-state index contributed by atoms with van der Waals surface area (Å²) in [5, 5.41) is 3.31. The number of benzene rings is 1. The fraction of sp³-hybridized carbons (Fsp3) is 0.611. The number of hydrogen-bond acceptors (Lipinski definition) is 3. The Morgan fingerprint density at radius 1 is 1.24 bits per heavy atom. The van der Waals surface area contributed by atoms with Gasteiger partial charge in [-0.2, -0.15) is 0 Å². The van der Waals surface area contributed by atoms with E-state index in [0.29, 0.717) is 18.3 Å². The summed E-state index contributed by atoms with van der Waals surface area (Å²) in [4.78, 5) is 12.7. The molecular formula is C18H27NO2. The molecule has 2 rings (SSSR count). The quantitative estimate of drug-likeness (QED) is 0.843. The lowest BCUT2D eigenvalue weighted by atomic mass is 9.87. The van der Waals surface area contributed by atoms with Crippen LogP contribution in [0.1, 0.15) is 48.2 Å². The second-order valence-corrected chi connectivity index (χ2v) is 6.45. The van der Waals surface area contributed by atoms with Crippen LogP contribution in [0.25, 0.3) is 0 Å². The van der Waals surface area contributed by atoms with Crippen LogP contribution in [0.3, 0.4) is 0 Å². The van der Waals surface area contributed by atoms with Crippen LogP contribution in [0.5, 0.6) is 5.75 Å². The predicted molar refractivity (Wildman–Crippen MR) is 86.2 cm³/mol. The Balaban J connectivity index is 2.17. The Morgan fingerprint density at radius 2 is 1.90 bits per heavy atom. The topological polar surface area (TPSA) is 38.3 Å². The van der Waals surface area contributed by atoms with E-state index in [2.05, 4.69) is 19.2 Å². The van der Waals surface area contributed by atoms with Crippen molar-refractivity contribution >= 4 is 5.78 Å². The van der Waals surface area contributed by atoms with Gasteiger partial charge in [0.05, 0.1) is 6.61 Å². The highest BCUT2D eigenvalue weighted by Gasteiger charge is 2.24. The molecule has 1 saturated heterocycles. The third kappa shape index (κ3) is 3.85. The summed E-state index contributed by atoms with van der Waals surface area (Å²) in [5.74, 6) is 1.88. The molecule has 0 aromatic heterocycles. The molecule has 0 radical (unpaired) electrons. The van der Waals surface area contributed by atoms with Gasteiger partial charge in [-0.1, -0.05) is 13.8 Å². The van der Waals surface area contributed by atoms with Gasteiger partial charge in [0.2, 0.25) is 0 Å². The Bertz CT molecular complexity index is 502. The SMILES string of the molecule is Cc1c(OCC(C)C)ccc(C(=O)C2CCNCC2)c1C. The zero-order valence-corrected chi connectivity index (χ0v) is 13.7. The van der Waals surface area contributed by atoms with Crippen molar-refractivity contribution in [3.05, 3.63) is 28.8 Å². The summed E-state index contributed by atoms with van der Waals surface area (Å²) in [6.07, 6.45) is 1.89. The smallest absolute Gasteiger partial charge is 0.166 e. The average molecular weight is 289 g/mol. The normalized spacial score (nSPS) is 16.2. The maximum Gasteiger partial charge on any atom is 0.166 e. The molecule has 1 aromatic rings. The summed E-state index contributed by atoms with van der Waals surface area (Å²) in [5.41, 5.74) is 3.03. The monoisotopic (exact) mass is 289 g/mol. The summed E-state index contributed by atoms with van der Waals surface area (Å²) in [7, 11) is 0. The van der Waals surface area contributed by atoms with Gasteiger partial charge in [-0.15, -0.1) is 0 Å². The maximum atomic E-state index is 12.7. The van der Waals surface area contributed by atoms with Crippen molar-refractivity contribution in [1.82, 2.24) is 5.32 Å². The number of hydrogen-bond donors (Lipinski definition) is 1. The van der Waals surface area contributed by atoms with Gasteiger partial charge < -0.3 is 10.1 Å². The highest BCUT2D eigenvalue weighted by Crippen LogP contribution is 2.28. The standard InChI is InChI=1S/C18H27NO2/c1-12(2)11-21-17-6-5-16(13(3)14(17)4)18(20)15-7-9-19-10-8-15/h5-6,12,15,19H,7-11H2,1-4H3. The number of carbonyl (C=O) groups is 1. The van der Waals surface area contributed by atoms with Gasteiger partial charge in [-0.25, -0.2) is 0 Å². The summed E-state index contributed by atoms with van der Waals surface area (Å²) < 4.78 is 5.84. The lowest BCUT2D eigenvalue weighted by Gasteiger charge is -2.23. The summed E-state index contributed by atoms with van der Waals surface area (Å²) in [6.45, 7) is 11.0. The van der Waals surface area contributed by atoms with Crippen LogP contribution in [-0.4, -0.2) is 25.5 Å². The van der Waals surface area contributed by atoms with Crippen LogP contribution in [0.15, 0.2) is 12.1 Å². The molecule has 0 saturated carbocycles. The van der Waals surface area contributed by atoms with Crippen LogP contribution >= 0.6 is 0 Å². The second kappa shape index (κ2) is 7.08. The minimum atomic E-state index is 0.173. The molecule has 0 amide bonds. The average Bonchev–Trinajstić information content (AvgIpc) is 2.49. The molecule has 116 valence electrons. The van der Waals surface area contributed by atoms with Gasteiger partial charge in [-0.3, -0.25) is 4.79 Å². The highest BCUT2D eigenvalue weighted by atomic mass is 16.5. The summed E-state index contributed by atoms with van der Waals surface area (Å²) >= 11 is 0. The first kappa shape index (κ1) is 16.0. The number of rotatable bonds is 5. The molecule has 0 aliphatic carbocycles. The number of piperidine rings is 1. The van der Waals surface area contributed by atoms with E-state index < -0.39 is 0 Å². The molecule has 1 heterocycles. The van der Waals surface area contributed by atoms with Gasteiger partial charge in [0.15, 0.2) is 5.78 Å². The third-order valence-corrected chi connectivity index (χ3v) is 4.29. The van der Waals surface area contributed by atoms with E-state index in [4.69, 9.17) is 4.74 Å². The van der Waals surface area contributed by atoms with Gasteiger partial charge in [0, 0.05) is 11.5 Å². The molecule has 21 heavy (non-hydrogen) atoms. The van der Waals surface area contributed by atoms with Gasteiger partial charge in [0.1, 0.15) is 5.75 Å². The Hall–Kier alpha value is -1.35. The molecule has 1 fully saturated rings. The lowest BCUT2D eigenvalue weighted by Crippen LogP contribution is -2.32. The van der Waals surface area contributed by atoms with Crippen molar-refractivity contribution in [3.8, 4) is 5.75 Å². The fourth-order valence-corrected chi connectivity index (χ4v) is 2.78. The van der Waals surface area contributed by atoms with E-state index in [-0.39, 0.29) is 5.92 Å². The molecular weight excluding hydrogens is 262 g/mol. The first-order valence-corrected chi connectivity index (χ1v) is 7.98. The van der Waals surface area contributed by atoms with Crippen molar-refractivity contribution in [2.45, 2.75) is 40.5 Å². The number of ether oxygens (including phenoxy) is 1. The molecule has 0 bridgehead atoms. The largest absolute Gasteiger partial charge is 0.493 e. The first-order chi connectivity index (χ1) is 10.0. The lowest BCUT2D eigenvalue weighted by molar-refractivity contribution is 0.0894. The zero-order chi connectivity index (χ0) is 15.4. The van der Waals surface area contributed by atoms with E-state index in [0.717, 1.165) is 48.4 Å². The molecule has 1 N–H and O–H groups in total. The molecule has 0 unspecified atom stereocenters. The van der Waals surface area contributed by atoms with Crippen LogP contribution in [0, 0.1) is 25.7 Å². The summed E-state index contributed by atoms with van der Waals surface area (Å²) in [6, 6.07) is 3.90. The van der Waals surface area contributed by atoms with Crippen molar-refractivity contribution in [1.29, 1.82) is 0 Å². The molecule has 3 nitrogen and oxygen atoms in total. The molecule has 1 aliphatic rings. The van der Waals surface area contributed by atoms with E-state index >= 15 is 0 Å². The highest BCUT2D eigenvalue weighted by molar-refractivity contribution is 5.99. The number of nitrogens with one attached hydrogen (secondary N) is 1. The molecule has 1 aliphatic heterocycles.